The van der Waals surface area contributed by atoms with Gasteiger partial charge in [-0.2, -0.15) is 0 Å². The van der Waals surface area contributed by atoms with Crippen LogP contribution in [0.4, 0.5) is 0 Å². The van der Waals surface area contributed by atoms with Crippen LogP contribution in [0.1, 0.15) is 0 Å². The van der Waals surface area contributed by atoms with E-state index in [1.807, 2.05) is 19.6 Å². The molecule has 0 aliphatic heterocycles. The van der Waals surface area contributed by atoms with Crippen LogP contribution in [-0.2, 0) is 0 Å². The average Bonchev–Trinajstić information content (AvgIpc) is 1.31. The normalized spacial score (nSPS) is 16.7. The molecule has 0 rings (SSSR count). The van der Waals surface area contributed by atoms with E-state index in [-0.39, 0.29) is 0 Å². The highest BCUT2D eigenvalue weighted by Gasteiger charge is 2.19. The van der Waals surface area contributed by atoms with Gasteiger partial charge in [0.05, 0.1) is 13.9 Å². The van der Waals surface area contributed by atoms with E-state index < -0.39 is 13.9 Å². The van der Waals surface area contributed by atoms with Crippen LogP contribution in [0.2, 0.25) is 19.6 Å². The summed E-state index contributed by atoms with van der Waals surface area (Å²) in [6.07, 6.45) is 0. The molecule has 2 nitrogen and oxygen atoms in total. The van der Waals surface area contributed by atoms with E-state index in [4.69, 9.17) is 10.8 Å². The third kappa shape index (κ3) is 2.79. The van der Waals surface area contributed by atoms with Crippen LogP contribution in [0, 0.1) is 0 Å². The number of rotatable bonds is 1. The van der Waals surface area contributed by atoms with Crippen molar-refractivity contribution < 1.29 is 5.11 Å². The molecule has 0 saturated carbocycles. The van der Waals surface area contributed by atoms with E-state index in [1.54, 1.807) is 0 Å². The van der Waals surface area contributed by atoms with Crippen LogP contribution in [0.3, 0.4) is 0 Å². The maximum absolute atomic E-state index is 8.73. The van der Waals surface area contributed by atoms with Gasteiger partial charge in [0.25, 0.3) is 0 Å². The molecule has 0 amide bonds. The number of nitrogens with two attached hydrogens (primary N) is 1. The van der Waals surface area contributed by atoms with E-state index in [0.717, 1.165) is 0 Å². The molecule has 3 heteroatoms. The Bertz CT molecular complexity index is 57.2. The van der Waals surface area contributed by atoms with E-state index in [1.165, 1.54) is 0 Å². The molecule has 0 aromatic rings. The van der Waals surface area contributed by atoms with Crippen molar-refractivity contribution in [2.45, 2.75) is 25.5 Å². The quantitative estimate of drug-likeness (QED) is 0.381. The van der Waals surface area contributed by atoms with Crippen molar-refractivity contribution in [2.24, 2.45) is 5.73 Å². The molecule has 0 heterocycles. The van der Waals surface area contributed by atoms with Gasteiger partial charge in [0.2, 0.25) is 0 Å². The smallest absolute Gasteiger partial charge is 0.0961 e. The fourth-order valence-electron chi connectivity index (χ4n) is 0. The maximum Gasteiger partial charge on any atom is 0.0961 e. The van der Waals surface area contributed by atoms with Crippen LogP contribution in [0.15, 0.2) is 0 Å². The highest BCUT2D eigenvalue weighted by atomic mass is 28.3. The number of hydrogen-bond acceptors (Lipinski definition) is 2. The first-order valence-corrected chi connectivity index (χ1v) is 5.96. The summed E-state index contributed by atoms with van der Waals surface area (Å²) in [4.78, 5) is 0. The molecule has 0 aromatic carbocycles. The van der Waals surface area contributed by atoms with Crippen molar-refractivity contribution >= 4 is 8.07 Å². The lowest BCUT2D eigenvalue weighted by Crippen LogP contribution is -2.44. The molecule has 1 unspecified atom stereocenters. The van der Waals surface area contributed by atoms with E-state index in [0.29, 0.717) is 0 Å². The van der Waals surface area contributed by atoms with Gasteiger partial charge in [0, 0.05) is 0 Å². The van der Waals surface area contributed by atoms with Crippen molar-refractivity contribution in [1.82, 2.24) is 0 Å². The molecule has 0 radical (unpaired) electrons. The summed E-state index contributed by atoms with van der Waals surface area (Å²) in [6, 6.07) is 0. The van der Waals surface area contributed by atoms with Crippen LogP contribution in [0.5, 0.6) is 0 Å². The Hall–Kier alpha value is 0.137. The lowest BCUT2D eigenvalue weighted by Gasteiger charge is -2.18. The maximum atomic E-state index is 8.73. The minimum absolute atomic E-state index is 0.563. The number of aliphatic hydroxyl groups excluding tert-OH is 1. The molecule has 44 valence electrons. The topological polar surface area (TPSA) is 46.2 Å². The first kappa shape index (κ1) is 7.14. The van der Waals surface area contributed by atoms with Gasteiger partial charge in [-0.3, -0.25) is 0 Å². The molecule has 3 N–H and O–H groups in total. The van der Waals surface area contributed by atoms with Gasteiger partial charge in [0.1, 0.15) is 0 Å². The molecule has 1 atom stereocenters. The highest BCUT2D eigenvalue weighted by molar-refractivity contribution is 6.77. The second-order valence-electron chi connectivity index (χ2n) is 2.81. The monoisotopic (exact) mass is 119 g/mol. The number of hydrogen-bond donors (Lipinski definition) is 2. The van der Waals surface area contributed by atoms with Crippen molar-refractivity contribution in [2.75, 3.05) is 0 Å². The predicted molar refractivity (Wildman–Crippen MR) is 33.5 cm³/mol. The third-order valence-corrected chi connectivity index (χ3v) is 2.66. The zero-order valence-electron chi connectivity index (χ0n) is 5.10. The van der Waals surface area contributed by atoms with Gasteiger partial charge in [-0.15, -0.1) is 0 Å². The lowest BCUT2D eigenvalue weighted by atomic mass is 11.3. The highest BCUT2D eigenvalue weighted by Crippen LogP contribution is 2.00. The van der Waals surface area contributed by atoms with Crippen molar-refractivity contribution in [3.05, 3.63) is 0 Å². The first-order chi connectivity index (χ1) is 2.94. The van der Waals surface area contributed by atoms with Gasteiger partial charge in [-0.1, -0.05) is 19.6 Å². The van der Waals surface area contributed by atoms with Crippen LogP contribution in [-0.4, -0.2) is 19.0 Å². The molecule has 0 bridgehead atoms. The fourth-order valence-corrected chi connectivity index (χ4v) is 0. The second-order valence-corrected chi connectivity index (χ2v) is 8.13. The molecule has 0 spiro atoms. The summed E-state index contributed by atoms with van der Waals surface area (Å²) >= 11 is 0. The largest absolute Gasteiger partial charge is 0.382 e. The Labute approximate surface area is 45.3 Å². The molecular formula is C4H13NOSi. The summed E-state index contributed by atoms with van der Waals surface area (Å²) in [5.74, 6) is -0.563. The van der Waals surface area contributed by atoms with E-state index in [2.05, 4.69) is 0 Å². The first-order valence-electron chi connectivity index (χ1n) is 2.38. The second kappa shape index (κ2) is 1.94. The van der Waals surface area contributed by atoms with Crippen LogP contribution >= 0.6 is 0 Å². The molecule has 0 fully saturated rings. The van der Waals surface area contributed by atoms with Gasteiger partial charge in [0.15, 0.2) is 0 Å². The molecular weight excluding hydrogens is 106 g/mol. The van der Waals surface area contributed by atoms with E-state index in [9.17, 15) is 0 Å². The predicted octanol–water partition coefficient (Wildman–Crippen LogP) is 0.141. The van der Waals surface area contributed by atoms with Crippen molar-refractivity contribution in [3.63, 3.8) is 0 Å². The lowest BCUT2D eigenvalue weighted by molar-refractivity contribution is 0.252. The van der Waals surface area contributed by atoms with Crippen LogP contribution in [0.25, 0.3) is 0 Å². The molecule has 0 saturated heterocycles. The minimum atomic E-state index is -1.40. The average molecular weight is 119 g/mol. The summed E-state index contributed by atoms with van der Waals surface area (Å²) in [6.45, 7) is 6.08. The molecule has 0 aliphatic carbocycles. The summed E-state index contributed by atoms with van der Waals surface area (Å²) < 4.78 is 0. The Kier molecular flexibility index (Phi) is 1.98. The molecule has 0 aliphatic rings. The Morgan fingerprint density at radius 2 is 1.57 bits per heavy atom. The summed E-state index contributed by atoms with van der Waals surface area (Å²) in [7, 11) is -1.40. The fraction of sp³-hybridized carbons (Fsp3) is 1.00. The Morgan fingerprint density at radius 3 is 1.57 bits per heavy atom. The van der Waals surface area contributed by atoms with Gasteiger partial charge < -0.3 is 10.8 Å². The SMILES string of the molecule is C[Si](C)(C)C(N)O. The summed E-state index contributed by atoms with van der Waals surface area (Å²) in [5, 5.41) is 8.73. The van der Waals surface area contributed by atoms with Gasteiger partial charge in [-0.25, -0.2) is 0 Å². The Balaban J connectivity index is 3.54. The molecule has 7 heavy (non-hydrogen) atoms. The van der Waals surface area contributed by atoms with Crippen molar-refractivity contribution in [1.29, 1.82) is 0 Å². The van der Waals surface area contributed by atoms with Gasteiger partial charge >= 0.3 is 0 Å². The van der Waals surface area contributed by atoms with Crippen LogP contribution < -0.4 is 5.73 Å². The van der Waals surface area contributed by atoms with Crippen molar-refractivity contribution in [3.8, 4) is 0 Å². The number of aliphatic hydroxyl groups is 1. The Morgan fingerprint density at radius 1 is 1.43 bits per heavy atom. The molecule has 0 aromatic heterocycles. The van der Waals surface area contributed by atoms with E-state index >= 15 is 0 Å². The third-order valence-electron chi connectivity index (χ3n) is 0.887. The minimum Gasteiger partial charge on any atom is -0.382 e. The zero-order chi connectivity index (χ0) is 6.08. The van der Waals surface area contributed by atoms with Gasteiger partial charge in [-0.05, 0) is 0 Å². The summed E-state index contributed by atoms with van der Waals surface area (Å²) in [5.41, 5.74) is 5.19. The standard InChI is InChI=1S/C4H13NOSi/c1-7(2,3)4(5)6/h4,6H,5H2,1-3H3. The zero-order valence-corrected chi connectivity index (χ0v) is 6.10.